The highest BCUT2D eigenvalue weighted by atomic mass is 35.7. The summed E-state index contributed by atoms with van der Waals surface area (Å²) in [5.74, 6) is 1.21. The van der Waals surface area contributed by atoms with Gasteiger partial charge in [-0.1, -0.05) is 6.42 Å². The minimum absolute atomic E-state index is 0.0678. The van der Waals surface area contributed by atoms with E-state index in [1.54, 1.807) is 24.4 Å². The lowest BCUT2D eigenvalue weighted by atomic mass is 9.86. The zero-order chi connectivity index (χ0) is 14.2. The standard InChI is InChI=1S/C14H14ClNO3S/c15-20(17,18)13-7-6-12(19-9-10-3-1-4-10)14-11(13)5-2-8-16-14/h2,5-8,10H,1,3-4,9H2. The van der Waals surface area contributed by atoms with Gasteiger partial charge in [0.2, 0.25) is 0 Å². The second-order valence-electron chi connectivity index (χ2n) is 5.01. The Morgan fingerprint density at radius 3 is 2.75 bits per heavy atom. The maximum absolute atomic E-state index is 11.6. The third kappa shape index (κ3) is 2.60. The second-order valence-corrected chi connectivity index (χ2v) is 7.54. The molecule has 0 spiro atoms. The number of rotatable bonds is 4. The summed E-state index contributed by atoms with van der Waals surface area (Å²) in [5, 5.41) is 0.494. The molecule has 0 atom stereocenters. The van der Waals surface area contributed by atoms with E-state index in [9.17, 15) is 8.42 Å². The molecule has 4 nitrogen and oxygen atoms in total. The minimum atomic E-state index is -3.79. The van der Waals surface area contributed by atoms with Crippen molar-refractivity contribution in [3.63, 3.8) is 0 Å². The van der Waals surface area contributed by atoms with Crippen molar-refractivity contribution in [2.45, 2.75) is 24.2 Å². The topological polar surface area (TPSA) is 56.3 Å². The van der Waals surface area contributed by atoms with E-state index in [0.29, 0.717) is 29.2 Å². The number of halogens is 1. The van der Waals surface area contributed by atoms with Crippen molar-refractivity contribution in [1.82, 2.24) is 4.98 Å². The summed E-state index contributed by atoms with van der Waals surface area (Å²) in [6.07, 6.45) is 5.26. The highest BCUT2D eigenvalue weighted by Gasteiger charge is 2.20. The predicted molar refractivity (Wildman–Crippen MR) is 77.6 cm³/mol. The molecule has 0 bridgehead atoms. The average molecular weight is 312 g/mol. The third-order valence-corrected chi connectivity index (χ3v) is 5.03. The second kappa shape index (κ2) is 5.22. The molecule has 1 aromatic carbocycles. The highest BCUT2D eigenvalue weighted by molar-refractivity contribution is 8.14. The van der Waals surface area contributed by atoms with Gasteiger partial charge in [0.1, 0.15) is 11.3 Å². The number of hydrogen-bond acceptors (Lipinski definition) is 4. The van der Waals surface area contributed by atoms with Crippen molar-refractivity contribution in [3.05, 3.63) is 30.5 Å². The van der Waals surface area contributed by atoms with E-state index in [-0.39, 0.29) is 4.90 Å². The molecule has 0 saturated heterocycles. The first-order chi connectivity index (χ1) is 9.55. The van der Waals surface area contributed by atoms with Crippen LogP contribution in [0.4, 0.5) is 0 Å². The van der Waals surface area contributed by atoms with E-state index in [2.05, 4.69) is 4.98 Å². The fourth-order valence-corrected chi connectivity index (χ4v) is 3.38. The molecule has 0 radical (unpaired) electrons. The van der Waals surface area contributed by atoms with Crippen LogP contribution in [0.3, 0.4) is 0 Å². The molecule has 6 heteroatoms. The Morgan fingerprint density at radius 2 is 2.10 bits per heavy atom. The molecule has 0 aliphatic heterocycles. The zero-order valence-electron chi connectivity index (χ0n) is 10.8. The van der Waals surface area contributed by atoms with Gasteiger partial charge < -0.3 is 4.74 Å². The third-order valence-electron chi connectivity index (χ3n) is 3.65. The molecule has 1 fully saturated rings. The fourth-order valence-electron chi connectivity index (χ4n) is 2.32. The van der Waals surface area contributed by atoms with Crippen LogP contribution in [0.2, 0.25) is 0 Å². The van der Waals surface area contributed by atoms with E-state index < -0.39 is 9.05 Å². The van der Waals surface area contributed by atoms with Crippen LogP contribution in [-0.4, -0.2) is 20.0 Å². The number of nitrogens with zero attached hydrogens (tertiary/aromatic N) is 1. The van der Waals surface area contributed by atoms with Crippen LogP contribution < -0.4 is 4.74 Å². The summed E-state index contributed by atoms with van der Waals surface area (Å²) < 4.78 is 28.9. The Balaban J connectivity index is 2.01. The van der Waals surface area contributed by atoms with Crippen LogP contribution in [-0.2, 0) is 9.05 Å². The van der Waals surface area contributed by atoms with Crippen molar-refractivity contribution >= 4 is 30.6 Å². The van der Waals surface area contributed by atoms with Gasteiger partial charge in [0.25, 0.3) is 9.05 Å². The summed E-state index contributed by atoms with van der Waals surface area (Å²) in [6.45, 7) is 0.651. The van der Waals surface area contributed by atoms with Gasteiger partial charge in [-0.25, -0.2) is 8.42 Å². The summed E-state index contributed by atoms with van der Waals surface area (Å²) >= 11 is 0. The van der Waals surface area contributed by atoms with E-state index in [1.165, 1.54) is 25.3 Å². The molecule has 1 aromatic heterocycles. The van der Waals surface area contributed by atoms with Crippen LogP contribution in [0.1, 0.15) is 19.3 Å². The first-order valence-corrected chi connectivity index (χ1v) is 8.82. The normalized spacial score (nSPS) is 16.1. The van der Waals surface area contributed by atoms with Gasteiger partial charge in [0.05, 0.1) is 11.5 Å². The maximum atomic E-state index is 11.6. The molecule has 1 aliphatic rings. The number of hydrogen-bond donors (Lipinski definition) is 0. The van der Waals surface area contributed by atoms with Crippen LogP contribution >= 0.6 is 10.7 Å². The molecule has 0 N–H and O–H groups in total. The van der Waals surface area contributed by atoms with Crippen molar-refractivity contribution in [3.8, 4) is 5.75 Å². The van der Waals surface area contributed by atoms with E-state index in [1.807, 2.05) is 0 Å². The van der Waals surface area contributed by atoms with Crippen molar-refractivity contribution in [2.24, 2.45) is 5.92 Å². The lowest BCUT2D eigenvalue weighted by Crippen LogP contribution is -2.19. The van der Waals surface area contributed by atoms with Gasteiger partial charge in [0, 0.05) is 22.3 Å². The maximum Gasteiger partial charge on any atom is 0.261 e. The van der Waals surface area contributed by atoms with Gasteiger partial charge in [-0.2, -0.15) is 0 Å². The van der Waals surface area contributed by atoms with Crippen LogP contribution in [0.15, 0.2) is 35.4 Å². The van der Waals surface area contributed by atoms with Crippen molar-refractivity contribution < 1.29 is 13.2 Å². The van der Waals surface area contributed by atoms with Gasteiger partial charge >= 0.3 is 0 Å². The summed E-state index contributed by atoms with van der Waals surface area (Å²) in [6, 6.07) is 6.48. The molecule has 3 rings (SSSR count). The molecule has 106 valence electrons. The van der Waals surface area contributed by atoms with Crippen molar-refractivity contribution in [2.75, 3.05) is 6.61 Å². The first kappa shape index (κ1) is 13.6. The van der Waals surface area contributed by atoms with Crippen LogP contribution in [0.5, 0.6) is 5.75 Å². The van der Waals surface area contributed by atoms with Gasteiger partial charge in [-0.3, -0.25) is 4.98 Å². The number of pyridine rings is 1. The molecule has 20 heavy (non-hydrogen) atoms. The molecule has 2 aromatic rings. The Labute approximate surface area is 122 Å². The van der Waals surface area contributed by atoms with E-state index in [4.69, 9.17) is 15.4 Å². The Morgan fingerprint density at radius 1 is 1.30 bits per heavy atom. The first-order valence-electron chi connectivity index (χ1n) is 6.51. The number of benzene rings is 1. The number of aromatic nitrogens is 1. The van der Waals surface area contributed by atoms with Gasteiger partial charge in [-0.05, 0) is 43.0 Å². The predicted octanol–water partition coefficient (Wildman–Crippen LogP) is 3.34. The van der Waals surface area contributed by atoms with Gasteiger partial charge in [-0.15, -0.1) is 0 Å². The quantitative estimate of drug-likeness (QED) is 0.813. The summed E-state index contributed by atoms with van der Waals surface area (Å²) in [5.41, 5.74) is 0.536. The monoisotopic (exact) mass is 311 g/mol. The Hall–Kier alpha value is -1.33. The number of ether oxygens (including phenoxy) is 1. The lowest BCUT2D eigenvalue weighted by molar-refractivity contribution is 0.182. The molecule has 1 saturated carbocycles. The Kier molecular flexibility index (Phi) is 3.56. The summed E-state index contributed by atoms with van der Waals surface area (Å²) in [7, 11) is 1.66. The number of fused-ring (bicyclic) bond motifs is 1. The van der Waals surface area contributed by atoms with E-state index in [0.717, 1.165) is 0 Å². The van der Waals surface area contributed by atoms with Crippen LogP contribution in [0.25, 0.3) is 10.9 Å². The SMILES string of the molecule is O=S(=O)(Cl)c1ccc(OCC2CCC2)c2ncccc12. The molecule has 0 amide bonds. The molecule has 0 unspecified atom stereocenters. The average Bonchev–Trinajstić information content (AvgIpc) is 2.35. The summed E-state index contributed by atoms with van der Waals surface area (Å²) in [4.78, 5) is 4.30. The fraction of sp³-hybridized carbons (Fsp3) is 0.357. The minimum Gasteiger partial charge on any atom is -0.491 e. The molecule has 1 heterocycles. The smallest absolute Gasteiger partial charge is 0.261 e. The van der Waals surface area contributed by atoms with E-state index >= 15 is 0 Å². The molecular formula is C14H14ClNO3S. The molecule has 1 aliphatic carbocycles. The van der Waals surface area contributed by atoms with Crippen molar-refractivity contribution in [1.29, 1.82) is 0 Å². The van der Waals surface area contributed by atoms with Gasteiger partial charge in [0.15, 0.2) is 0 Å². The lowest BCUT2D eigenvalue weighted by Gasteiger charge is -2.25. The highest BCUT2D eigenvalue weighted by Crippen LogP contribution is 2.33. The largest absolute Gasteiger partial charge is 0.491 e. The zero-order valence-corrected chi connectivity index (χ0v) is 12.3. The van der Waals surface area contributed by atoms with Crippen LogP contribution in [0, 0.1) is 5.92 Å². The molecular weight excluding hydrogens is 298 g/mol. The Bertz CT molecular complexity index is 741.